The molecule has 1 amide bonds. The van der Waals surface area contributed by atoms with E-state index in [1.165, 1.54) is 17.8 Å². The van der Waals surface area contributed by atoms with Gasteiger partial charge in [-0.1, -0.05) is 6.07 Å². The van der Waals surface area contributed by atoms with Crippen LogP contribution in [0.2, 0.25) is 0 Å². The first kappa shape index (κ1) is 13.0. The van der Waals surface area contributed by atoms with Gasteiger partial charge in [0.05, 0.1) is 4.88 Å². The van der Waals surface area contributed by atoms with Crippen LogP contribution in [0.4, 0.5) is 0 Å². The monoisotopic (exact) mass is 300 g/mol. The van der Waals surface area contributed by atoms with Gasteiger partial charge in [-0.05, 0) is 42.8 Å². The fourth-order valence-electron chi connectivity index (χ4n) is 3.49. The summed E-state index contributed by atoms with van der Waals surface area (Å²) in [4.78, 5) is 23.9. The third-order valence-corrected chi connectivity index (χ3v) is 5.56. The fourth-order valence-corrected chi connectivity index (χ4v) is 4.41. The molecule has 2 aliphatic rings. The van der Waals surface area contributed by atoms with Gasteiger partial charge in [0.25, 0.3) is 5.91 Å². The van der Waals surface area contributed by atoms with Crippen LogP contribution >= 0.6 is 11.3 Å². The predicted molar refractivity (Wildman–Crippen MR) is 83.0 cm³/mol. The van der Waals surface area contributed by atoms with Crippen molar-refractivity contribution in [3.63, 3.8) is 0 Å². The maximum absolute atomic E-state index is 12.4. The van der Waals surface area contributed by atoms with Crippen molar-refractivity contribution in [1.29, 1.82) is 0 Å². The molecule has 0 saturated carbocycles. The van der Waals surface area contributed by atoms with Gasteiger partial charge in [0.2, 0.25) is 0 Å². The Morgan fingerprint density at radius 1 is 1.33 bits per heavy atom. The molecule has 2 aromatic rings. The Morgan fingerprint density at radius 2 is 2.24 bits per heavy atom. The standard InChI is InChI=1S/C16H16N2O2S/c19-8-12-5-9-1-2-10(6-15(9)21-12)16(20)18-14-7-11-3-4-13(14)17-11/h1-2,5-6,8,11,13-14,17H,3-4,7H2,(H,18,20)/t11-,13+,14-/m1/s1. The van der Waals surface area contributed by atoms with Gasteiger partial charge in [0.1, 0.15) is 0 Å². The van der Waals surface area contributed by atoms with E-state index in [9.17, 15) is 9.59 Å². The van der Waals surface area contributed by atoms with Crippen molar-refractivity contribution >= 4 is 33.6 Å². The Kier molecular flexibility index (Phi) is 3.05. The zero-order chi connectivity index (χ0) is 14.4. The highest BCUT2D eigenvalue weighted by molar-refractivity contribution is 7.20. The maximum Gasteiger partial charge on any atom is 0.251 e. The van der Waals surface area contributed by atoms with Gasteiger partial charge in [0, 0.05) is 28.4 Å². The molecule has 1 aromatic carbocycles. The first-order valence-electron chi connectivity index (χ1n) is 7.28. The summed E-state index contributed by atoms with van der Waals surface area (Å²) in [5, 5.41) is 7.68. The van der Waals surface area contributed by atoms with Gasteiger partial charge >= 0.3 is 0 Å². The van der Waals surface area contributed by atoms with Crippen LogP contribution in [0.1, 0.15) is 39.3 Å². The molecule has 2 aliphatic heterocycles. The lowest BCUT2D eigenvalue weighted by Crippen LogP contribution is -2.42. The average molecular weight is 300 g/mol. The van der Waals surface area contributed by atoms with Crippen LogP contribution in [-0.4, -0.2) is 30.3 Å². The van der Waals surface area contributed by atoms with E-state index in [0.29, 0.717) is 22.5 Å². The van der Waals surface area contributed by atoms with Gasteiger partial charge in [-0.3, -0.25) is 9.59 Å². The average Bonchev–Trinajstić information content (AvgIpc) is 3.20. The number of carbonyl (C=O) groups is 2. The number of amides is 1. The second-order valence-corrected chi connectivity index (χ2v) is 7.00. The number of nitrogens with one attached hydrogen (secondary N) is 2. The predicted octanol–water partition coefficient (Wildman–Crippen LogP) is 2.34. The van der Waals surface area contributed by atoms with E-state index in [2.05, 4.69) is 10.6 Å². The fraction of sp³-hybridized carbons (Fsp3) is 0.375. The third kappa shape index (κ3) is 2.26. The molecular weight excluding hydrogens is 284 g/mol. The van der Waals surface area contributed by atoms with Gasteiger partial charge in [0.15, 0.2) is 6.29 Å². The van der Waals surface area contributed by atoms with E-state index < -0.39 is 0 Å². The summed E-state index contributed by atoms with van der Waals surface area (Å²) in [6.07, 6.45) is 4.27. The first-order valence-corrected chi connectivity index (χ1v) is 8.10. The topological polar surface area (TPSA) is 58.2 Å². The molecule has 0 spiro atoms. The highest BCUT2D eigenvalue weighted by Crippen LogP contribution is 2.29. The van der Waals surface area contributed by atoms with Gasteiger partial charge in [-0.2, -0.15) is 0 Å². The molecule has 21 heavy (non-hydrogen) atoms. The largest absolute Gasteiger partial charge is 0.348 e. The number of carbonyl (C=O) groups excluding carboxylic acids is 2. The number of hydrogen-bond donors (Lipinski definition) is 2. The molecule has 108 valence electrons. The highest BCUT2D eigenvalue weighted by Gasteiger charge is 2.39. The molecule has 3 heterocycles. The normalized spacial score (nSPS) is 27.1. The van der Waals surface area contributed by atoms with Crippen LogP contribution in [0.3, 0.4) is 0 Å². The molecule has 4 rings (SSSR count). The first-order chi connectivity index (χ1) is 10.2. The summed E-state index contributed by atoms with van der Waals surface area (Å²) in [6, 6.07) is 8.74. The molecule has 2 fully saturated rings. The minimum atomic E-state index is -0.0164. The van der Waals surface area contributed by atoms with Crippen molar-refractivity contribution < 1.29 is 9.59 Å². The second-order valence-electron chi connectivity index (χ2n) is 5.88. The summed E-state index contributed by atoms with van der Waals surface area (Å²) in [6.45, 7) is 0. The molecule has 5 heteroatoms. The lowest BCUT2D eigenvalue weighted by atomic mass is 9.95. The van der Waals surface area contributed by atoms with Crippen molar-refractivity contribution in [2.45, 2.75) is 37.4 Å². The zero-order valence-electron chi connectivity index (χ0n) is 11.5. The zero-order valence-corrected chi connectivity index (χ0v) is 12.3. The number of benzene rings is 1. The Bertz CT molecular complexity index is 724. The molecule has 0 unspecified atom stereocenters. The molecule has 2 N–H and O–H groups in total. The summed E-state index contributed by atoms with van der Waals surface area (Å²) in [5.41, 5.74) is 0.671. The maximum atomic E-state index is 12.4. The molecular formula is C16H16N2O2S. The van der Waals surface area contributed by atoms with Crippen LogP contribution in [0.15, 0.2) is 24.3 Å². The van der Waals surface area contributed by atoms with E-state index in [-0.39, 0.29) is 11.9 Å². The van der Waals surface area contributed by atoms with Crippen LogP contribution < -0.4 is 10.6 Å². The Labute approximate surface area is 126 Å². The third-order valence-electron chi connectivity index (χ3n) is 4.53. The van der Waals surface area contributed by atoms with Crippen molar-refractivity contribution in [2.24, 2.45) is 0 Å². The van der Waals surface area contributed by atoms with Crippen molar-refractivity contribution in [2.75, 3.05) is 0 Å². The number of thiophene rings is 1. The van der Waals surface area contributed by atoms with Gasteiger partial charge < -0.3 is 10.6 Å². The molecule has 0 radical (unpaired) electrons. The minimum absolute atomic E-state index is 0.0164. The quantitative estimate of drug-likeness (QED) is 0.855. The molecule has 0 aliphatic carbocycles. The van der Waals surface area contributed by atoms with Crippen LogP contribution in [-0.2, 0) is 0 Å². The SMILES string of the molecule is O=Cc1cc2ccc(C(=O)N[C@@H]3C[C@H]4CC[C@@H]3N4)cc2s1. The van der Waals surface area contributed by atoms with Gasteiger partial charge in [-0.25, -0.2) is 0 Å². The number of hydrogen-bond acceptors (Lipinski definition) is 4. The van der Waals surface area contributed by atoms with E-state index in [1.54, 1.807) is 0 Å². The molecule has 3 atom stereocenters. The molecule has 2 saturated heterocycles. The lowest BCUT2D eigenvalue weighted by Gasteiger charge is -2.21. The van der Waals surface area contributed by atoms with Crippen molar-refractivity contribution in [1.82, 2.24) is 10.6 Å². The van der Waals surface area contributed by atoms with Crippen molar-refractivity contribution in [3.05, 3.63) is 34.7 Å². The van der Waals surface area contributed by atoms with Crippen molar-refractivity contribution in [3.8, 4) is 0 Å². The second kappa shape index (κ2) is 4.93. The van der Waals surface area contributed by atoms with E-state index in [1.807, 2.05) is 24.3 Å². The van der Waals surface area contributed by atoms with Crippen LogP contribution in [0.25, 0.3) is 10.1 Å². The number of aldehydes is 1. The molecule has 2 bridgehead atoms. The summed E-state index contributed by atoms with van der Waals surface area (Å²) in [7, 11) is 0. The van der Waals surface area contributed by atoms with E-state index >= 15 is 0 Å². The Hall–Kier alpha value is -1.72. The number of rotatable bonds is 3. The molecule has 4 nitrogen and oxygen atoms in total. The summed E-state index contributed by atoms with van der Waals surface area (Å²) < 4.78 is 0.982. The number of fused-ring (bicyclic) bond motifs is 3. The van der Waals surface area contributed by atoms with Crippen LogP contribution in [0.5, 0.6) is 0 Å². The highest BCUT2D eigenvalue weighted by atomic mass is 32.1. The summed E-state index contributed by atoms with van der Waals surface area (Å²) >= 11 is 1.42. The minimum Gasteiger partial charge on any atom is -0.348 e. The van der Waals surface area contributed by atoms with E-state index in [4.69, 9.17) is 0 Å². The lowest BCUT2D eigenvalue weighted by molar-refractivity contribution is 0.0931. The van der Waals surface area contributed by atoms with Gasteiger partial charge in [-0.15, -0.1) is 11.3 Å². The van der Waals surface area contributed by atoms with Crippen LogP contribution in [0, 0.1) is 0 Å². The Morgan fingerprint density at radius 3 is 2.95 bits per heavy atom. The molecule has 1 aromatic heterocycles. The summed E-state index contributed by atoms with van der Waals surface area (Å²) in [5.74, 6) is -0.0164. The van der Waals surface area contributed by atoms with E-state index in [0.717, 1.165) is 29.2 Å². The smallest absolute Gasteiger partial charge is 0.251 e. The Balaban J connectivity index is 1.54.